The molecule has 2 N–H and O–H groups in total. The van der Waals surface area contributed by atoms with Gasteiger partial charge in [-0.05, 0) is 17.2 Å². The first-order valence-corrected chi connectivity index (χ1v) is 6.48. The van der Waals surface area contributed by atoms with Gasteiger partial charge in [-0.25, -0.2) is 0 Å². The van der Waals surface area contributed by atoms with E-state index in [0.717, 1.165) is 11.1 Å². The van der Waals surface area contributed by atoms with Gasteiger partial charge in [0.2, 0.25) is 0 Å². The van der Waals surface area contributed by atoms with Crippen LogP contribution in [0.3, 0.4) is 0 Å². The fraction of sp³-hybridized carbons (Fsp3) is 0.143. The van der Waals surface area contributed by atoms with Crippen LogP contribution in [0.5, 0.6) is 5.75 Å². The summed E-state index contributed by atoms with van der Waals surface area (Å²) in [6.45, 7) is 0.842. The van der Waals surface area contributed by atoms with Crippen molar-refractivity contribution < 1.29 is 9.94 Å². The maximum absolute atomic E-state index is 9.59. The van der Waals surface area contributed by atoms with E-state index >= 15 is 0 Å². The summed E-state index contributed by atoms with van der Waals surface area (Å²) in [4.78, 5) is 5.33. The summed E-state index contributed by atoms with van der Waals surface area (Å²) >= 11 is 11.7. The Bertz CT molecular complexity index is 547. The van der Waals surface area contributed by atoms with E-state index in [0.29, 0.717) is 13.2 Å². The molecule has 0 radical (unpaired) electrons. The Hall–Kier alpha value is -1.26. The number of hydrogen-bond donors (Lipinski definition) is 2. The number of halogens is 2. The summed E-state index contributed by atoms with van der Waals surface area (Å²) in [6, 6.07) is 13.1. The third kappa shape index (κ3) is 3.85. The van der Waals surface area contributed by atoms with Gasteiger partial charge in [-0.1, -0.05) is 59.6 Å². The van der Waals surface area contributed by atoms with E-state index in [1.165, 1.54) is 0 Å². The van der Waals surface area contributed by atoms with Crippen molar-refractivity contribution in [1.29, 1.82) is 0 Å². The molecule has 0 spiro atoms. The van der Waals surface area contributed by atoms with Crippen molar-refractivity contribution in [3.8, 4) is 5.75 Å². The highest BCUT2D eigenvalue weighted by molar-refractivity contribution is 6.37. The number of phenols is 1. The summed E-state index contributed by atoms with van der Waals surface area (Å²) in [5.41, 5.74) is 4.59. The van der Waals surface area contributed by atoms with Gasteiger partial charge in [-0.3, -0.25) is 4.84 Å². The first-order valence-electron chi connectivity index (χ1n) is 5.73. The van der Waals surface area contributed by atoms with Gasteiger partial charge in [0, 0.05) is 6.54 Å². The number of hydroxylamine groups is 1. The zero-order chi connectivity index (χ0) is 13.7. The van der Waals surface area contributed by atoms with Crippen LogP contribution in [0, 0.1) is 0 Å². The highest BCUT2D eigenvalue weighted by Crippen LogP contribution is 2.34. The Labute approximate surface area is 121 Å². The zero-order valence-electron chi connectivity index (χ0n) is 10.1. The minimum atomic E-state index is -0.106. The first kappa shape index (κ1) is 14.2. The van der Waals surface area contributed by atoms with Crippen LogP contribution in [0.15, 0.2) is 42.5 Å². The highest BCUT2D eigenvalue weighted by atomic mass is 35.5. The minimum Gasteiger partial charge on any atom is -0.505 e. The molecular formula is C14H13Cl2NO2. The molecule has 0 aromatic heterocycles. The lowest BCUT2D eigenvalue weighted by Gasteiger charge is -2.09. The van der Waals surface area contributed by atoms with Gasteiger partial charge in [-0.15, -0.1) is 0 Å². The van der Waals surface area contributed by atoms with Gasteiger partial charge < -0.3 is 5.11 Å². The second kappa shape index (κ2) is 6.78. The summed E-state index contributed by atoms with van der Waals surface area (Å²) in [5, 5.41) is 10.1. The minimum absolute atomic E-state index is 0.106. The largest absolute Gasteiger partial charge is 0.505 e. The monoisotopic (exact) mass is 297 g/mol. The normalized spacial score (nSPS) is 10.6. The van der Waals surface area contributed by atoms with Gasteiger partial charge in [0.15, 0.2) is 5.75 Å². The van der Waals surface area contributed by atoms with Crippen LogP contribution in [0.1, 0.15) is 11.1 Å². The molecule has 19 heavy (non-hydrogen) atoms. The van der Waals surface area contributed by atoms with Crippen molar-refractivity contribution in [2.45, 2.75) is 13.2 Å². The predicted octanol–water partition coefficient (Wildman–Crippen LogP) is 3.92. The van der Waals surface area contributed by atoms with Gasteiger partial charge in [0.05, 0.1) is 16.7 Å². The Kier molecular flexibility index (Phi) is 5.05. The van der Waals surface area contributed by atoms with Gasteiger partial charge in [0.25, 0.3) is 0 Å². The second-order valence-electron chi connectivity index (χ2n) is 3.96. The molecule has 2 aromatic rings. The third-order valence-corrected chi connectivity index (χ3v) is 3.32. The van der Waals surface area contributed by atoms with Gasteiger partial charge >= 0.3 is 0 Å². The Morgan fingerprint density at radius 2 is 1.79 bits per heavy atom. The van der Waals surface area contributed by atoms with E-state index in [4.69, 9.17) is 28.0 Å². The van der Waals surface area contributed by atoms with E-state index in [-0.39, 0.29) is 15.8 Å². The van der Waals surface area contributed by atoms with E-state index in [1.54, 1.807) is 12.1 Å². The van der Waals surface area contributed by atoms with Crippen LogP contribution >= 0.6 is 23.2 Å². The van der Waals surface area contributed by atoms with Crippen LogP contribution in [-0.4, -0.2) is 5.11 Å². The Morgan fingerprint density at radius 3 is 2.53 bits per heavy atom. The lowest BCUT2D eigenvalue weighted by atomic mass is 10.2. The van der Waals surface area contributed by atoms with Crippen molar-refractivity contribution in [3.05, 3.63) is 63.6 Å². The average molecular weight is 298 g/mol. The molecule has 0 aliphatic rings. The maximum atomic E-state index is 9.59. The van der Waals surface area contributed by atoms with E-state index < -0.39 is 0 Å². The van der Waals surface area contributed by atoms with Crippen LogP contribution in [0.4, 0.5) is 0 Å². The molecule has 100 valence electrons. The lowest BCUT2D eigenvalue weighted by molar-refractivity contribution is 0.0235. The van der Waals surface area contributed by atoms with Crippen molar-refractivity contribution in [2.75, 3.05) is 0 Å². The molecule has 0 aliphatic heterocycles. The molecule has 0 aliphatic carbocycles. The summed E-state index contributed by atoms with van der Waals surface area (Å²) < 4.78 is 0. The summed E-state index contributed by atoms with van der Waals surface area (Å²) in [6.07, 6.45) is 0. The second-order valence-corrected chi connectivity index (χ2v) is 4.75. The topological polar surface area (TPSA) is 41.5 Å². The molecule has 0 bridgehead atoms. The van der Waals surface area contributed by atoms with Gasteiger partial charge in [0.1, 0.15) is 0 Å². The van der Waals surface area contributed by atoms with Crippen molar-refractivity contribution in [1.82, 2.24) is 5.48 Å². The smallest absolute Gasteiger partial charge is 0.153 e. The molecule has 0 unspecified atom stereocenters. The molecule has 5 heteroatoms. The van der Waals surface area contributed by atoms with Crippen molar-refractivity contribution in [3.63, 3.8) is 0 Å². The van der Waals surface area contributed by atoms with Crippen LogP contribution in [-0.2, 0) is 18.0 Å². The molecule has 0 atom stereocenters. The highest BCUT2D eigenvalue weighted by Gasteiger charge is 2.08. The number of aromatic hydroxyl groups is 1. The number of rotatable bonds is 5. The third-order valence-electron chi connectivity index (χ3n) is 2.59. The van der Waals surface area contributed by atoms with E-state index in [9.17, 15) is 5.11 Å². The summed E-state index contributed by atoms with van der Waals surface area (Å²) in [5.74, 6) is -0.106. The quantitative estimate of drug-likeness (QED) is 0.649. The first-order chi connectivity index (χ1) is 9.18. The standard InChI is InChI=1S/C14H13Cl2NO2/c15-12-7-6-11(13(16)14(12)18)8-17-19-9-10-4-2-1-3-5-10/h1-7,17-18H,8-9H2. The lowest BCUT2D eigenvalue weighted by Crippen LogP contribution is -2.14. The molecule has 0 amide bonds. The molecule has 0 saturated carbocycles. The maximum Gasteiger partial charge on any atom is 0.153 e. The van der Waals surface area contributed by atoms with Crippen LogP contribution < -0.4 is 5.48 Å². The number of phenolic OH excluding ortho intramolecular Hbond substituents is 1. The molecular weight excluding hydrogens is 285 g/mol. The molecule has 0 heterocycles. The zero-order valence-corrected chi connectivity index (χ0v) is 11.6. The van der Waals surface area contributed by atoms with E-state index in [1.807, 2.05) is 30.3 Å². The predicted molar refractivity (Wildman–Crippen MR) is 76.2 cm³/mol. The Morgan fingerprint density at radius 1 is 1.05 bits per heavy atom. The van der Waals surface area contributed by atoms with Crippen molar-refractivity contribution >= 4 is 23.2 Å². The molecule has 2 aromatic carbocycles. The van der Waals surface area contributed by atoms with Crippen LogP contribution in [0.25, 0.3) is 0 Å². The number of nitrogens with one attached hydrogen (secondary N) is 1. The number of hydrogen-bond acceptors (Lipinski definition) is 3. The van der Waals surface area contributed by atoms with Gasteiger partial charge in [-0.2, -0.15) is 5.48 Å². The molecule has 0 fully saturated rings. The Balaban J connectivity index is 1.85. The average Bonchev–Trinajstić information content (AvgIpc) is 2.44. The number of benzene rings is 2. The SMILES string of the molecule is Oc1c(Cl)ccc(CNOCc2ccccc2)c1Cl. The fourth-order valence-corrected chi connectivity index (χ4v) is 1.99. The molecule has 2 rings (SSSR count). The molecule has 0 saturated heterocycles. The van der Waals surface area contributed by atoms with Crippen LogP contribution in [0.2, 0.25) is 10.0 Å². The summed E-state index contributed by atoms with van der Waals surface area (Å²) in [7, 11) is 0. The molecule has 3 nitrogen and oxygen atoms in total. The van der Waals surface area contributed by atoms with E-state index in [2.05, 4.69) is 5.48 Å². The fourth-order valence-electron chi connectivity index (χ4n) is 1.56. The van der Waals surface area contributed by atoms with Crippen molar-refractivity contribution in [2.24, 2.45) is 0 Å².